The number of esters is 1. The van der Waals surface area contributed by atoms with Crippen molar-refractivity contribution in [1.29, 1.82) is 0 Å². The van der Waals surface area contributed by atoms with E-state index >= 15 is 0 Å². The molecule has 1 spiro atoms. The van der Waals surface area contributed by atoms with Crippen LogP contribution in [0.3, 0.4) is 0 Å². The van der Waals surface area contributed by atoms with Crippen molar-refractivity contribution in [3.63, 3.8) is 0 Å². The minimum absolute atomic E-state index is 0.360. The van der Waals surface area contributed by atoms with E-state index in [1.165, 1.54) is 0 Å². The summed E-state index contributed by atoms with van der Waals surface area (Å²) in [7, 11) is 0. The molecular formula is C10H15NO4. The van der Waals surface area contributed by atoms with E-state index < -0.39 is 0 Å². The van der Waals surface area contributed by atoms with E-state index in [1.54, 1.807) is 6.92 Å². The van der Waals surface area contributed by atoms with Crippen molar-refractivity contribution in [2.24, 2.45) is 0 Å². The Morgan fingerprint density at radius 2 is 2.33 bits per heavy atom. The van der Waals surface area contributed by atoms with Crippen molar-refractivity contribution < 1.29 is 19.1 Å². The van der Waals surface area contributed by atoms with Crippen molar-refractivity contribution in [2.45, 2.75) is 25.4 Å². The van der Waals surface area contributed by atoms with E-state index in [-0.39, 0.29) is 11.6 Å². The van der Waals surface area contributed by atoms with E-state index in [1.807, 2.05) is 6.08 Å². The highest BCUT2D eigenvalue weighted by atomic mass is 16.7. The van der Waals surface area contributed by atoms with Gasteiger partial charge in [-0.05, 0) is 13.0 Å². The molecule has 0 atom stereocenters. The molecule has 0 aliphatic carbocycles. The summed E-state index contributed by atoms with van der Waals surface area (Å²) in [5.74, 6) is -0.360. The van der Waals surface area contributed by atoms with Crippen molar-refractivity contribution in [3.8, 4) is 0 Å². The van der Waals surface area contributed by atoms with E-state index in [4.69, 9.17) is 14.3 Å². The largest absolute Gasteiger partial charge is 0.461 e. The highest BCUT2D eigenvalue weighted by Crippen LogP contribution is 2.30. The maximum atomic E-state index is 11.4. The SMILES string of the molecule is CCOC(=O)C1=CC2(CCOCC2)ON1. The monoisotopic (exact) mass is 213 g/mol. The fourth-order valence-electron chi connectivity index (χ4n) is 1.75. The minimum atomic E-state index is -0.375. The lowest BCUT2D eigenvalue weighted by Gasteiger charge is -2.29. The molecule has 0 radical (unpaired) electrons. The van der Waals surface area contributed by atoms with Gasteiger partial charge in [0.2, 0.25) is 0 Å². The van der Waals surface area contributed by atoms with E-state index in [0.717, 1.165) is 12.8 Å². The van der Waals surface area contributed by atoms with E-state index in [2.05, 4.69) is 5.48 Å². The van der Waals surface area contributed by atoms with Crippen LogP contribution in [-0.4, -0.2) is 31.4 Å². The van der Waals surface area contributed by atoms with Crippen LogP contribution in [-0.2, 0) is 19.1 Å². The Labute approximate surface area is 88.3 Å². The molecule has 0 unspecified atom stereocenters. The lowest BCUT2D eigenvalue weighted by atomic mass is 9.94. The number of ether oxygens (including phenoxy) is 2. The molecule has 1 saturated heterocycles. The molecule has 2 aliphatic heterocycles. The number of rotatable bonds is 2. The summed E-state index contributed by atoms with van der Waals surface area (Å²) in [6.45, 7) is 3.47. The molecule has 84 valence electrons. The molecule has 1 N–H and O–H groups in total. The normalized spacial score (nSPS) is 23.4. The highest BCUT2D eigenvalue weighted by molar-refractivity contribution is 5.88. The molecule has 5 nitrogen and oxygen atoms in total. The number of hydrogen-bond donors (Lipinski definition) is 1. The average molecular weight is 213 g/mol. The molecule has 0 bridgehead atoms. The van der Waals surface area contributed by atoms with Crippen molar-refractivity contribution in [1.82, 2.24) is 5.48 Å². The van der Waals surface area contributed by atoms with Crippen LogP contribution < -0.4 is 5.48 Å². The van der Waals surface area contributed by atoms with Crippen molar-refractivity contribution in [3.05, 3.63) is 11.8 Å². The molecule has 0 aromatic heterocycles. The number of carbonyl (C=O) groups excluding carboxylic acids is 1. The quantitative estimate of drug-likeness (QED) is 0.677. The molecule has 5 heteroatoms. The van der Waals surface area contributed by atoms with Gasteiger partial charge in [0, 0.05) is 26.1 Å². The van der Waals surface area contributed by atoms with Gasteiger partial charge in [-0.1, -0.05) is 0 Å². The van der Waals surface area contributed by atoms with Crippen molar-refractivity contribution >= 4 is 5.97 Å². The van der Waals surface area contributed by atoms with Crippen LogP contribution in [0.15, 0.2) is 11.8 Å². The van der Waals surface area contributed by atoms with Gasteiger partial charge in [0.1, 0.15) is 11.3 Å². The maximum absolute atomic E-state index is 11.4. The van der Waals surface area contributed by atoms with Crippen LogP contribution in [0.1, 0.15) is 19.8 Å². The second-order valence-electron chi connectivity index (χ2n) is 3.66. The molecule has 0 amide bonds. The molecule has 15 heavy (non-hydrogen) atoms. The Balaban J connectivity index is 2.03. The standard InChI is InChI=1S/C10H15NO4/c1-2-14-9(12)8-7-10(15-11-8)3-5-13-6-4-10/h7,11H,2-6H2,1H3. The predicted molar refractivity (Wildman–Crippen MR) is 51.7 cm³/mol. The van der Waals surface area contributed by atoms with Gasteiger partial charge in [-0.25, -0.2) is 4.79 Å². The fourth-order valence-corrected chi connectivity index (χ4v) is 1.75. The molecular weight excluding hydrogens is 198 g/mol. The zero-order valence-corrected chi connectivity index (χ0v) is 8.75. The third kappa shape index (κ3) is 2.13. The van der Waals surface area contributed by atoms with Crippen molar-refractivity contribution in [2.75, 3.05) is 19.8 Å². The predicted octanol–water partition coefficient (Wildman–Crippen LogP) is 0.517. The molecule has 2 aliphatic rings. The Bertz CT molecular complexity index is 281. The average Bonchev–Trinajstić information content (AvgIpc) is 2.64. The Kier molecular flexibility index (Phi) is 2.93. The second-order valence-corrected chi connectivity index (χ2v) is 3.66. The smallest absolute Gasteiger partial charge is 0.356 e. The number of hydroxylamine groups is 1. The van der Waals surface area contributed by atoms with Gasteiger partial charge >= 0.3 is 5.97 Å². The first-order chi connectivity index (χ1) is 7.26. The van der Waals surface area contributed by atoms with Gasteiger partial charge in [0.05, 0.1) is 6.61 Å². The molecule has 0 aromatic carbocycles. The lowest BCUT2D eigenvalue weighted by Crippen LogP contribution is -2.36. The van der Waals surface area contributed by atoms with Crippen LogP contribution in [0.4, 0.5) is 0 Å². The Morgan fingerprint density at radius 3 is 3.00 bits per heavy atom. The third-order valence-corrected chi connectivity index (χ3v) is 2.61. The van der Waals surface area contributed by atoms with Crippen LogP contribution in [0.5, 0.6) is 0 Å². The Hall–Kier alpha value is -1.07. The first kappa shape index (κ1) is 10.4. The summed E-state index contributed by atoms with van der Waals surface area (Å²) in [6, 6.07) is 0. The van der Waals surface area contributed by atoms with E-state index in [9.17, 15) is 4.79 Å². The number of nitrogens with one attached hydrogen (secondary N) is 1. The minimum Gasteiger partial charge on any atom is -0.461 e. The third-order valence-electron chi connectivity index (χ3n) is 2.61. The number of carbonyl (C=O) groups is 1. The fraction of sp³-hybridized carbons (Fsp3) is 0.700. The highest BCUT2D eigenvalue weighted by Gasteiger charge is 2.38. The van der Waals surface area contributed by atoms with Crippen LogP contribution in [0, 0.1) is 0 Å². The zero-order valence-electron chi connectivity index (χ0n) is 8.75. The first-order valence-corrected chi connectivity index (χ1v) is 5.17. The van der Waals surface area contributed by atoms with Gasteiger partial charge in [0.25, 0.3) is 0 Å². The summed E-state index contributed by atoms with van der Waals surface area (Å²) in [4.78, 5) is 16.8. The van der Waals surface area contributed by atoms with Gasteiger partial charge < -0.3 is 9.47 Å². The summed E-state index contributed by atoms with van der Waals surface area (Å²) in [5, 5.41) is 0. The Morgan fingerprint density at radius 1 is 1.60 bits per heavy atom. The van der Waals surface area contributed by atoms with Gasteiger partial charge in [-0.15, -0.1) is 0 Å². The van der Waals surface area contributed by atoms with Gasteiger partial charge in [-0.3, -0.25) is 10.3 Å². The van der Waals surface area contributed by atoms with Crippen LogP contribution in [0.2, 0.25) is 0 Å². The van der Waals surface area contributed by atoms with E-state index in [0.29, 0.717) is 25.5 Å². The zero-order chi connectivity index (χ0) is 10.7. The molecule has 2 heterocycles. The summed E-state index contributed by atoms with van der Waals surface area (Å²) >= 11 is 0. The van der Waals surface area contributed by atoms with Crippen LogP contribution >= 0.6 is 0 Å². The molecule has 1 fully saturated rings. The van der Waals surface area contributed by atoms with Gasteiger partial charge in [0.15, 0.2) is 0 Å². The summed E-state index contributed by atoms with van der Waals surface area (Å²) in [6.07, 6.45) is 3.35. The molecule has 0 saturated carbocycles. The maximum Gasteiger partial charge on any atom is 0.356 e. The lowest BCUT2D eigenvalue weighted by molar-refractivity contribution is -0.141. The number of hydrogen-bond acceptors (Lipinski definition) is 5. The summed E-state index contributed by atoms with van der Waals surface area (Å²) < 4.78 is 10.1. The molecule has 0 aromatic rings. The second kappa shape index (κ2) is 4.20. The first-order valence-electron chi connectivity index (χ1n) is 5.17. The van der Waals surface area contributed by atoms with Gasteiger partial charge in [-0.2, -0.15) is 0 Å². The topological polar surface area (TPSA) is 56.8 Å². The summed E-state index contributed by atoms with van der Waals surface area (Å²) in [5.41, 5.74) is 2.66. The van der Waals surface area contributed by atoms with Crippen LogP contribution in [0.25, 0.3) is 0 Å². The molecule has 2 rings (SSSR count).